The number of aryl methyl sites for hydroxylation is 1. The van der Waals surface area contributed by atoms with Gasteiger partial charge in [0.15, 0.2) is 0 Å². The third-order valence-electron chi connectivity index (χ3n) is 4.96. The second kappa shape index (κ2) is 7.47. The van der Waals surface area contributed by atoms with Crippen molar-refractivity contribution in [2.75, 3.05) is 7.05 Å². The summed E-state index contributed by atoms with van der Waals surface area (Å²) >= 11 is 0. The second-order valence-corrected chi connectivity index (χ2v) is 6.92. The van der Waals surface area contributed by atoms with E-state index in [0.717, 1.165) is 13.0 Å². The topological polar surface area (TPSA) is 32.3 Å². The Kier molecular flexibility index (Phi) is 5.87. The smallest absolute Gasteiger partial charge is 0.222 e. The van der Waals surface area contributed by atoms with Gasteiger partial charge in [0.2, 0.25) is 5.91 Å². The molecular weight excluding hydrogens is 296 g/mol. The Bertz CT molecular complexity index is 508. The van der Waals surface area contributed by atoms with Crippen molar-refractivity contribution in [1.29, 1.82) is 0 Å². The zero-order valence-corrected chi connectivity index (χ0v) is 14.4. The van der Waals surface area contributed by atoms with Gasteiger partial charge in [-0.15, -0.1) is 12.4 Å². The summed E-state index contributed by atoms with van der Waals surface area (Å²) in [4.78, 5) is 14.3. The predicted molar refractivity (Wildman–Crippen MR) is 92.2 cm³/mol. The van der Waals surface area contributed by atoms with Crippen LogP contribution in [0.25, 0.3) is 0 Å². The van der Waals surface area contributed by atoms with Gasteiger partial charge in [-0.05, 0) is 44.1 Å². The van der Waals surface area contributed by atoms with Crippen molar-refractivity contribution in [3.8, 4) is 0 Å². The van der Waals surface area contributed by atoms with E-state index in [4.69, 9.17) is 0 Å². The molecule has 3 nitrogen and oxygen atoms in total. The van der Waals surface area contributed by atoms with E-state index in [1.807, 2.05) is 11.9 Å². The van der Waals surface area contributed by atoms with Crippen molar-refractivity contribution in [3.05, 3.63) is 35.4 Å². The Hall–Kier alpha value is -1.06. The zero-order valence-electron chi connectivity index (χ0n) is 13.5. The maximum Gasteiger partial charge on any atom is 0.222 e. The molecule has 0 saturated carbocycles. The SMILES string of the molecule is Cc1cccc(CN(C)C(=O)CC2CC3CCC(C2)N3)c1.Cl. The number of hydrogen-bond acceptors (Lipinski definition) is 2. The summed E-state index contributed by atoms with van der Waals surface area (Å²) in [7, 11) is 1.93. The highest BCUT2D eigenvalue weighted by Crippen LogP contribution is 2.32. The molecule has 2 aliphatic rings. The molecule has 2 saturated heterocycles. The number of carbonyl (C=O) groups excluding carboxylic acids is 1. The van der Waals surface area contributed by atoms with Crippen molar-refractivity contribution < 1.29 is 4.79 Å². The molecule has 3 rings (SSSR count). The van der Waals surface area contributed by atoms with Crippen molar-refractivity contribution in [2.24, 2.45) is 5.92 Å². The molecule has 2 atom stereocenters. The molecule has 2 heterocycles. The van der Waals surface area contributed by atoms with Crippen LogP contribution < -0.4 is 5.32 Å². The van der Waals surface area contributed by atoms with Crippen LogP contribution in [0, 0.1) is 12.8 Å². The van der Waals surface area contributed by atoms with Gasteiger partial charge in [-0.1, -0.05) is 29.8 Å². The first-order valence-corrected chi connectivity index (χ1v) is 8.15. The first kappa shape index (κ1) is 17.3. The highest BCUT2D eigenvalue weighted by molar-refractivity contribution is 5.85. The molecule has 0 aliphatic carbocycles. The minimum atomic E-state index is 0. The lowest BCUT2D eigenvalue weighted by Gasteiger charge is -2.30. The van der Waals surface area contributed by atoms with E-state index in [1.165, 1.54) is 36.8 Å². The number of nitrogens with one attached hydrogen (secondary N) is 1. The molecule has 1 amide bonds. The number of nitrogens with zero attached hydrogens (tertiary/aromatic N) is 1. The van der Waals surface area contributed by atoms with Crippen molar-refractivity contribution >= 4 is 18.3 Å². The fourth-order valence-corrected chi connectivity index (χ4v) is 3.92. The maximum atomic E-state index is 12.4. The Morgan fingerprint density at radius 2 is 1.95 bits per heavy atom. The van der Waals surface area contributed by atoms with Crippen molar-refractivity contribution in [1.82, 2.24) is 10.2 Å². The molecule has 1 aromatic rings. The molecule has 2 unspecified atom stereocenters. The number of fused-ring (bicyclic) bond motifs is 2. The van der Waals surface area contributed by atoms with Crippen LogP contribution in [0.3, 0.4) is 0 Å². The van der Waals surface area contributed by atoms with Crippen molar-refractivity contribution in [2.45, 2.75) is 57.7 Å². The molecule has 1 aromatic carbocycles. The number of benzene rings is 1. The minimum absolute atomic E-state index is 0. The average molecular weight is 323 g/mol. The fraction of sp³-hybridized carbons (Fsp3) is 0.611. The van der Waals surface area contributed by atoms with Gasteiger partial charge < -0.3 is 10.2 Å². The average Bonchev–Trinajstić information content (AvgIpc) is 2.78. The van der Waals surface area contributed by atoms with Crippen LogP contribution in [0.2, 0.25) is 0 Å². The molecule has 4 heteroatoms. The molecule has 0 radical (unpaired) electrons. The van der Waals surface area contributed by atoms with Crippen LogP contribution >= 0.6 is 12.4 Å². The van der Waals surface area contributed by atoms with E-state index < -0.39 is 0 Å². The normalized spacial score (nSPS) is 26.4. The lowest BCUT2D eigenvalue weighted by molar-refractivity contribution is -0.131. The first-order chi connectivity index (χ1) is 10.1. The number of piperidine rings is 1. The summed E-state index contributed by atoms with van der Waals surface area (Å²) in [6, 6.07) is 9.76. The van der Waals surface area contributed by atoms with Gasteiger partial charge in [0.25, 0.3) is 0 Å². The molecule has 0 spiro atoms. The summed E-state index contributed by atoms with van der Waals surface area (Å²) in [5.74, 6) is 0.874. The lowest BCUT2D eigenvalue weighted by Crippen LogP contribution is -2.39. The second-order valence-electron chi connectivity index (χ2n) is 6.92. The molecular formula is C18H27ClN2O. The Morgan fingerprint density at radius 1 is 1.27 bits per heavy atom. The van der Waals surface area contributed by atoms with Crippen molar-refractivity contribution in [3.63, 3.8) is 0 Å². The summed E-state index contributed by atoms with van der Waals surface area (Å²) < 4.78 is 0. The summed E-state index contributed by atoms with van der Waals surface area (Å²) in [5, 5.41) is 3.64. The van der Waals surface area contributed by atoms with Gasteiger partial charge >= 0.3 is 0 Å². The molecule has 122 valence electrons. The molecule has 2 bridgehead atoms. The van der Waals surface area contributed by atoms with Crippen LogP contribution in [0.15, 0.2) is 24.3 Å². The predicted octanol–water partition coefficient (Wildman–Crippen LogP) is 3.30. The van der Waals surface area contributed by atoms with Gasteiger partial charge in [0.1, 0.15) is 0 Å². The van der Waals surface area contributed by atoms with E-state index in [-0.39, 0.29) is 12.4 Å². The van der Waals surface area contributed by atoms with Crippen LogP contribution in [-0.2, 0) is 11.3 Å². The van der Waals surface area contributed by atoms with Crippen LogP contribution in [0.1, 0.15) is 43.2 Å². The fourth-order valence-electron chi connectivity index (χ4n) is 3.92. The first-order valence-electron chi connectivity index (χ1n) is 8.15. The molecule has 1 N–H and O–H groups in total. The van der Waals surface area contributed by atoms with Crippen LogP contribution in [-0.4, -0.2) is 29.9 Å². The van der Waals surface area contributed by atoms with E-state index in [1.54, 1.807) is 0 Å². The number of halogens is 1. The van der Waals surface area contributed by atoms with Crippen LogP contribution in [0.4, 0.5) is 0 Å². The van der Waals surface area contributed by atoms with Gasteiger partial charge in [-0.3, -0.25) is 4.79 Å². The number of amides is 1. The molecule has 2 aliphatic heterocycles. The maximum absolute atomic E-state index is 12.4. The third-order valence-corrected chi connectivity index (χ3v) is 4.96. The van der Waals surface area contributed by atoms with Crippen LogP contribution in [0.5, 0.6) is 0 Å². The van der Waals surface area contributed by atoms with Gasteiger partial charge in [0, 0.05) is 32.1 Å². The van der Waals surface area contributed by atoms with E-state index in [9.17, 15) is 4.79 Å². The largest absolute Gasteiger partial charge is 0.341 e. The minimum Gasteiger partial charge on any atom is -0.341 e. The summed E-state index contributed by atoms with van der Waals surface area (Å²) in [6.45, 7) is 2.81. The van der Waals surface area contributed by atoms with E-state index in [2.05, 4.69) is 36.5 Å². The Morgan fingerprint density at radius 3 is 2.59 bits per heavy atom. The highest BCUT2D eigenvalue weighted by Gasteiger charge is 2.34. The van der Waals surface area contributed by atoms with E-state index >= 15 is 0 Å². The standard InChI is InChI=1S/C18H26N2O.ClH/c1-13-4-3-5-14(8-13)12-20(2)18(21)11-15-9-16-6-7-17(10-15)19-16;/h3-5,8,15-17,19H,6-7,9-12H2,1-2H3;1H. The number of hydrogen-bond donors (Lipinski definition) is 1. The zero-order chi connectivity index (χ0) is 14.8. The van der Waals surface area contributed by atoms with Gasteiger partial charge in [-0.2, -0.15) is 0 Å². The molecule has 22 heavy (non-hydrogen) atoms. The van der Waals surface area contributed by atoms with Gasteiger partial charge in [0.05, 0.1) is 0 Å². The Balaban J connectivity index is 0.00000176. The van der Waals surface area contributed by atoms with E-state index in [0.29, 0.717) is 23.9 Å². The number of rotatable bonds is 4. The van der Waals surface area contributed by atoms with Gasteiger partial charge in [-0.25, -0.2) is 0 Å². The monoisotopic (exact) mass is 322 g/mol. The third kappa shape index (κ3) is 4.23. The quantitative estimate of drug-likeness (QED) is 0.922. The molecule has 0 aromatic heterocycles. The summed E-state index contributed by atoms with van der Waals surface area (Å²) in [6.07, 6.45) is 5.68. The Labute approximate surface area is 139 Å². The number of carbonyl (C=O) groups is 1. The lowest BCUT2D eigenvalue weighted by atomic mass is 9.89. The highest BCUT2D eigenvalue weighted by atomic mass is 35.5. The molecule has 2 fully saturated rings. The summed E-state index contributed by atoms with van der Waals surface area (Å²) in [5.41, 5.74) is 2.47.